The van der Waals surface area contributed by atoms with Crippen LogP contribution in [0.25, 0.3) is 10.8 Å². The molecule has 2 heteroatoms. The van der Waals surface area contributed by atoms with Gasteiger partial charge in [0, 0.05) is 10.2 Å². The minimum Gasteiger partial charge on any atom is -0.385 e. The van der Waals surface area contributed by atoms with E-state index in [9.17, 15) is 5.11 Å². The standard InChI is InChI=1S/C22H25OSi/c23-22(17-10-14-9-15(12-17)13-18(22)11-14)21-6-5-16(7-8-24)19-3-1-2-4-20(19)21/h1-6,14-15,17-18,23H,7-13H2. The van der Waals surface area contributed by atoms with E-state index in [4.69, 9.17) is 0 Å². The van der Waals surface area contributed by atoms with Gasteiger partial charge in [0.1, 0.15) is 0 Å². The molecule has 4 saturated carbocycles. The van der Waals surface area contributed by atoms with Crippen molar-refractivity contribution in [3.63, 3.8) is 0 Å². The molecule has 1 N–H and O–H groups in total. The van der Waals surface area contributed by atoms with Gasteiger partial charge >= 0.3 is 0 Å². The van der Waals surface area contributed by atoms with E-state index in [-0.39, 0.29) is 0 Å². The van der Waals surface area contributed by atoms with Gasteiger partial charge in [-0.1, -0.05) is 42.4 Å². The molecule has 4 bridgehead atoms. The summed E-state index contributed by atoms with van der Waals surface area (Å²) in [6.07, 6.45) is 7.41. The highest BCUT2D eigenvalue weighted by Gasteiger charge is 2.57. The second kappa shape index (κ2) is 5.44. The van der Waals surface area contributed by atoms with Crippen LogP contribution in [0.1, 0.15) is 43.2 Å². The van der Waals surface area contributed by atoms with E-state index >= 15 is 0 Å². The summed E-state index contributed by atoms with van der Waals surface area (Å²) in [5.41, 5.74) is 2.00. The summed E-state index contributed by atoms with van der Waals surface area (Å²) in [5, 5.41) is 14.6. The molecule has 4 fully saturated rings. The van der Waals surface area contributed by atoms with Crippen LogP contribution in [0.15, 0.2) is 36.4 Å². The summed E-state index contributed by atoms with van der Waals surface area (Å²) < 4.78 is 0. The molecule has 123 valence electrons. The highest BCUT2D eigenvalue weighted by atomic mass is 28.1. The molecule has 0 unspecified atom stereocenters. The molecule has 0 heterocycles. The first-order chi connectivity index (χ1) is 11.7. The minimum absolute atomic E-state index is 0.471. The van der Waals surface area contributed by atoms with Crippen molar-refractivity contribution in [2.45, 2.75) is 50.2 Å². The topological polar surface area (TPSA) is 20.2 Å². The maximum absolute atomic E-state index is 12.0. The lowest BCUT2D eigenvalue weighted by Gasteiger charge is -2.59. The Morgan fingerprint density at radius 3 is 2.12 bits per heavy atom. The number of aliphatic hydroxyl groups is 1. The van der Waals surface area contributed by atoms with Crippen LogP contribution in [0, 0.1) is 23.7 Å². The van der Waals surface area contributed by atoms with Gasteiger partial charge in [-0.3, -0.25) is 0 Å². The molecular formula is C22H25OSi. The molecule has 24 heavy (non-hydrogen) atoms. The van der Waals surface area contributed by atoms with E-state index in [1.807, 2.05) is 0 Å². The van der Waals surface area contributed by atoms with Gasteiger partial charge in [0.05, 0.1) is 5.60 Å². The fraction of sp³-hybridized carbons (Fsp3) is 0.545. The third-order valence-corrected chi connectivity index (χ3v) is 7.47. The van der Waals surface area contributed by atoms with Crippen molar-refractivity contribution in [1.29, 1.82) is 0 Å². The SMILES string of the molecule is OC1(c2ccc(CC[Si])c3ccccc23)C2CC3CC(C2)CC1C3. The number of rotatable bonds is 3. The Balaban J connectivity index is 1.68. The van der Waals surface area contributed by atoms with Crippen molar-refractivity contribution in [1.82, 2.24) is 0 Å². The molecule has 6 rings (SSSR count). The second-order valence-corrected chi connectivity index (χ2v) is 8.95. The van der Waals surface area contributed by atoms with E-state index in [2.05, 4.69) is 46.6 Å². The van der Waals surface area contributed by atoms with Crippen LogP contribution in [0.4, 0.5) is 0 Å². The van der Waals surface area contributed by atoms with E-state index < -0.39 is 5.60 Å². The molecule has 0 aromatic heterocycles. The number of aryl methyl sites for hydroxylation is 1. The first kappa shape index (κ1) is 15.2. The monoisotopic (exact) mass is 333 g/mol. The Morgan fingerprint density at radius 2 is 1.50 bits per heavy atom. The largest absolute Gasteiger partial charge is 0.385 e. The van der Waals surface area contributed by atoms with Crippen molar-refractivity contribution >= 4 is 21.0 Å². The lowest BCUT2D eigenvalue weighted by molar-refractivity contribution is -0.178. The quantitative estimate of drug-likeness (QED) is 0.813. The van der Waals surface area contributed by atoms with E-state index in [1.54, 1.807) is 0 Å². The third-order valence-electron chi connectivity index (χ3n) is 7.22. The van der Waals surface area contributed by atoms with Crippen molar-refractivity contribution < 1.29 is 5.11 Å². The molecule has 2 aromatic carbocycles. The number of fused-ring (bicyclic) bond motifs is 1. The second-order valence-electron chi connectivity index (χ2n) is 8.45. The van der Waals surface area contributed by atoms with Gasteiger partial charge in [0.2, 0.25) is 0 Å². The van der Waals surface area contributed by atoms with Gasteiger partial charge < -0.3 is 5.11 Å². The summed E-state index contributed by atoms with van der Waals surface area (Å²) >= 11 is 0. The van der Waals surface area contributed by atoms with Crippen LogP contribution >= 0.6 is 0 Å². The molecule has 0 saturated heterocycles. The Bertz CT molecular complexity index is 753. The number of benzene rings is 2. The molecule has 0 amide bonds. The van der Waals surface area contributed by atoms with E-state index in [0.717, 1.165) is 24.3 Å². The van der Waals surface area contributed by atoms with Crippen molar-refractivity contribution in [2.24, 2.45) is 23.7 Å². The summed E-state index contributed by atoms with van der Waals surface area (Å²) in [6.45, 7) is 0. The third kappa shape index (κ3) is 2.02. The normalized spacial score (nSPS) is 37.2. The van der Waals surface area contributed by atoms with Crippen molar-refractivity contribution in [2.75, 3.05) is 0 Å². The molecule has 0 spiro atoms. The van der Waals surface area contributed by atoms with Crippen LogP contribution in [0.5, 0.6) is 0 Å². The summed E-state index contributed by atoms with van der Waals surface area (Å²) in [6, 6.07) is 14.2. The minimum atomic E-state index is -0.598. The molecule has 2 aromatic rings. The lowest BCUT2D eigenvalue weighted by atomic mass is 9.48. The first-order valence-corrected chi connectivity index (χ1v) is 10.3. The highest BCUT2D eigenvalue weighted by molar-refractivity contribution is 6.08. The van der Waals surface area contributed by atoms with Gasteiger partial charge in [-0.15, -0.1) is 0 Å². The average Bonchev–Trinajstić information content (AvgIpc) is 2.59. The number of hydrogen-bond acceptors (Lipinski definition) is 1. The molecule has 4 aliphatic carbocycles. The Kier molecular flexibility index (Phi) is 3.43. The molecule has 4 aliphatic rings. The van der Waals surface area contributed by atoms with Crippen LogP contribution in [-0.2, 0) is 12.0 Å². The van der Waals surface area contributed by atoms with Gasteiger partial charge in [-0.05, 0) is 84.1 Å². The smallest absolute Gasteiger partial charge is 0.0958 e. The predicted molar refractivity (Wildman–Crippen MR) is 99.2 cm³/mol. The van der Waals surface area contributed by atoms with Crippen LogP contribution < -0.4 is 0 Å². The zero-order valence-electron chi connectivity index (χ0n) is 14.2. The first-order valence-electron chi connectivity index (χ1n) is 9.58. The van der Waals surface area contributed by atoms with Gasteiger partial charge in [-0.25, -0.2) is 0 Å². The predicted octanol–water partition coefficient (Wildman–Crippen LogP) is 4.61. The van der Waals surface area contributed by atoms with Crippen molar-refractivity contribution in [3.8, 4) is 0 Å². The summed E-state index contributed by atoms with van der Waals surface area (Å²) in [5.74, 6) is 2.70. The maximum Gasteiger partial charge on any atom is 0.0958 e. The summed E-state index contributed by atoms with van der Waals surface area (Å²) in [7, 11) is 3.63. The zero-order chi connectivity index (χ0) is 16.3. The van der Waals surface area contributed by atoms with Crippen LogP contribution in [-0.4, -0.2) is 15.3 Å². The molecular weight excluding hydrogens is 308 g/mol. The van der Waals surface area contributed by atoms with Crippen LogP contribution in [0.3, 0.4) is 0 Å². The fourth-order valence-corrected chi connectivity index (χ4v) is 6.68. The van der Waals surface area contributed by atoms with E-state index in [0.29, 0.717) is 11.8 Å². The molecule has 1 nitrogen and oxygen atoms in total. The van der Waals surface area contributed by atoms with Gasteiger partial charge in [-0.2, -0.15) is 0 Å². The zero-order valence-corrected chi connectivity index (χ0v) is 15.2. The van der Waals surface area contributed by atoms with Gasteiger partial charge in [0.15, 0.2) is 0 Å². The molecule has 0 aliphatic heterocycles. The van der Waals surface area contributed by atoms with Gasteiger partial charge in [0.25, 0.3) is 0 Å². The molecule has 3 radical (unpaired) electrons. The van der Waals surface area contributed by atoms with Crippen molar-refractivity contribution in [3.05, 3.63) is 47.5 Å². The van der Waals surface area contributed by atoms with E-state index in [1.165, 1.54) is 54.0 Å². The van der Waals surface area contributed by atoms with Crippen LogP contribution in [0.2, 0.25) is 6.04 Å². The summed E-state index contributed by atoms with van der Waals surface area (Å²) in [4.78, 5) is 0. The highest BCUT2D eigenvalue weighted by Crippen LogP contribution is 2.62. The Hall–Kier alpha value is -1.12. The fourth-order valence-electron chi connectivity index (χ4n) is 6.41. The Morgan fingerprint density at radius 1 is 0.875 bits per heavy atom. The average molecular weight is 334 g/mol. The Labute approximate surface area is 147 Å². The lowest BCUT2D eigenvalue weighted by Crippen LogP contribution is -2.55. The number of hydrogen-bond donors (Lipinski definition) is 1. The maximum atomic E-state index is 12.0. The molecule has 0 atom stereocenters.